The molecule has 2 rings (SSSR count). The molecule has 1 aliphatic carbocycles. The molecule has 2 fully saturated rings. The quantitative estimate of drug-likeness (QED) is 0.535. The minimum absolute atomic E-state index is 0.578. The predicted octanol–water partition coefficient (Wildman–Crippen LogP) is 2.07. The van der Waals surface area contributed by atoms with Gasteiger partial charge in [-0.05, 0) is 31.1 Å². The molecule has 0 bridgehead atoms. The summed E-state index contributed by atoms with van der Waals surface area (Å²) in [4.78, 5) is 0. The minimum Gasteiger partial charge on any atom is -0.370 e. The van der Waals surface area contributed by atoms with Crippen LogP contribution in [0, 0.1) is 17.8 Å². The first-order valence-corrected chi connectivity index (χ1v) is 4.35. The monoisotopic (exact) mass is 140 g/mol. The van der Waals surface area contributed by atoms with Gasteiger partial charge in [0.1, 0.15) is 0 Å². The summed E-state index contributed by atoms with van der Waals surface area (Å²) in [5, 5.41) is 0. The zero-order valence-electron chi connectivity index (χ0n) is 7.00. The van der Waals surface area contributed by atoms with E-state index >= 15 is 0 Å². The van der Waals surface area contributed by atoms with Crippen molar-refractivity contribution in [2.24, 2.45) is 17.8 Å². The van der Waals surface area contributed by atoms with Crippen molar-refractivity contribution in [2.75, 3.05) is 0 Å². The van der Waals surface area contributed by atoms with Gasteiger partial charge in [0.05, 0.1) is 12.2 Å². The molecule has 58 valence electrons. The van der Waals surface area contributed by atoms with Gasteiger partial charge in [0.15, 0.2) is 0 Å². The van der Waals surface area contributed by atoms with E-state index in [1.165, 1.54) is 6.42 Å². The third-order valence-electron chi connectivity index (χ3n) is 2.93. The van der Waals surface area contributed by atoms with E-state index in [1.54, 1.807) is 0 Å². The van der Waals surface area contributed by atoms with Crippen LogP contribution in [-0.2, 0) is 4.74 Å². The summed E-state index contributed by atoms with van der Waals surface area (Å²) in [6, 6.07) is 0. The zero-order chi connectivity index (χ0) is 7.30. The summed E-state index contributed by atoms with van der Waals surface area (Å²) < 4.78 is 5.42. The fourth-order valence-corrected chi connectivity index (χ4v) is 2.03. The summed E-state index contributed by atoms with van der Waals surface area (Å²) in [6.07, 6.45) is 2.65. The van der Waals surface area contributed by atoms with Crippen LogP contribution in [-0.4, -0.2) is 12.2 Å². The molecule has 0 aromatic carbocycles. The average molecular weight is 140 g/mol. The topological polar surface area (TPSA) is 12.5 Å². The summed E-state index contributed by atoms with van der Waals surface area (Å²) >= 11 is 0. The van der Waals surface area contributed by atoms with Crippen LogP contribution in [0.2, 0.25) is 0 Å². The van der Waals surface area contributed by atoms with Crippen LogP contribution >= 0.6 is 0 Å². The Labute approximate surface area is 62.8 Å². The molecule has 0 spiro atoms. The Bertz CT molecular complexity index is 142. The molecule has 1 nitrogen and oxygen atoms in total. The van der Waals surface area contributed by atoms with Crippen LogP contribution in [0.3, 0.4) is 0 Å². The smallest absolute Gasteiger partial charge is 0.0869 e. The minimum atomic E-state index is 0.578. The van der Waals surface area contributed by atoms with Gasteiger partial charge in [-0.25, -0.2) is 0 Å². The summed E-state index contributed by atoms with van der Waals surface area (Å²) in [5.74, 6) is 2.78. The predicted molar refractivity (Wildman–Crippen MR) is 40.8 cm³/mol. The van der Waals surface area contributed by atoms with Crippen molar-refractivity contribution < 1.29 is 4.74 Å². The Morgan fingerprint density at radius 1 is 1.40 bits per heavy atom. The number of hydrogen-bond acceptors (Lipinski definition) is 1. The van der Waals surface area contributed by atoms with Crippen LogP contribution in [0.1, 0.15) is 27.2 Å². The molecule has 1 heteroatoms. The maximum absolute atomic E-state index is 5.42. The molecule has 4 unspecified atom stereocenters. The van der Waals surface area contributed by atoms with E-state index in [1.807, 2.05) is 0 Å². The molecular formula is C9H16O. The second-order valence-electron chi connectivity index (χ2n) is 4.11. The molecule has 0 aromatic heterocycles. The Kier molecular flexibility index (Phi) is 1.31. The molecule has 1 saturated heterocycles. The third-order valence-corrected chi connectivity index (χ3v) is 2.93. The maximum Gasteiger partial charge on any atom is 0.0869 e. The van der Waals surface area contributed by atoms with Crippen molar-refractivity contribution in [2.45, 2.75) is 39.4 Å². The van der Waals surface area contributed by atoms with Crippen LogP contribution in [0.15, 0.2) is 0 Å². The SMILES string of the molecule is CC(C)C1CC1C1OC1C. The van der Waals surface area contributed by atoms with Gasteiger partial charge in [-0.2, -0.15) is 0 Å². The number of rotatable bonds is 2. The Balaban J connectivity index is 1.80. The largest absolute Gasteiger partial charge is 0.370 e. The van der Waals surface area contributed by atoms with Gasteiger partial charge < -0.3 is 4.74 Å². The molecule has 0 aromatic rings. The highest BCUT2D eigenvalue weighted by molar-refractivity contribution is 5.01. The first-order valence-electron chi connectivity index (χ1n) is 4.35. The summed E-state index contributed by atoms with van der Waals surface area (Å²) in [6.45, 7) is 6.82. The van der Waals surface area contributed by atoms with Crippen molar-refractivity contribution in [3.8, 4) is 0 Å². The normalized spacial score (nSPS) is 51.6. The van der Waals surface area contributed by atoms with Crippen LogP contribution in [0.4, 0.5) is 0 Å². The molecular weight excluding hydrogens is 124 g/mol. The van der Waals surface area contributed by atoms with E-state index in [0.29, 0.717) is 12.2 Å². The Morgan fingerprint density at radius 2 is 2.00 bits per heavy atom. The van der Waals surface area contributed by atoms with Gasteiger partial charge in [0.2, 0.25) is 0 Å². The second kappa shape index (κ2) is 1.97. The first-order chi connectivity index (χ1) is 4.70. The number of epoxide rings is 1. The maximum atomic E-state index is 5.42. The van der Waals surface area contributed by atoms with E-state index in [0.717, 1.165) is 17.8 Å². The van der Waals surface area contributed by atoms with Crippen molar-refractivity contribution >= 4 is 0 Å². The summed E-state index contributed by atoms with van der Waals surface area (Å²) in [5.41, 5.74) is 0. The third kappa shape index (κ3) is 0.968. The van der Waals surface area contributed by atoms with E-state index < -0.39 is 0 Å². The zero-order valence-corrected chi connectivity index (χ0v) is 7.00. The van der Waals surface area contributed by atoms with E-state index in [9.17, 15) is 0 Å². The van der Waals surface area contributed by atoms with Gasteiger partial charge >= 0.3 is 0 Å². The first kappa shape index (κ1) is 6.66. The van der Waals surface area contributed by atoms with Gasteiger partial charge in [-0.1, -0.05) is 13.8 Å². The Hall–Kier alpha value is -0.0400. The molecule has 0 radical (unpaired) electrons. The van der Waals surface area contributed by atoms with E-state index in [2.05, 4.69) is 20.8 Å². The van der Waals surface area contributed by atoms with Crippen molar-refractivity contribution in [3.63, 3.8) is 0 Å². The lowest BCUT2D eigenvalue weighted by molar-refractivity contribution is 0.348. The van der Waals surface area contributed by atoms with Crippen molar-refractivity contribution in [1.29, 1.82) is 0 Å². The fraction of sp³-hybridized carbons (Fsp3) is 1.00. The summed E-state index contributed by atoms with van der Waals surface area (Å²) in [7, 11) is 0. The van der Waals surface area contributed by atoms with Crippen LogP contribution in [0.25, 0.3) is 0 Å². The lowest BCUT2D eigenvalue weighted by atomic mass is 10.1. The van der Waals surface area contributed by atoms with Crippen LogP contribution in [0.5, 0.6) is 0 Å². The number of ether oxygens (including phenoxy) is 1. The van der Waals surface area contributed by atoms with E-state index in [4.69, 9.17) is 4.74 Å². The molecule has 1 heterocycles. The van der Waals surface area contributed by atoms with Gasteiger partial charge in [-0.15, -0.1) is 0 Å². The molecule has 1 saturated carbocycles. The molecule has 0 amide bonds. The van der Waals surface area contributed by atoms with Crippen molar-refractivity contribution in [3.05, 3.63) is 0 Å². The van der Waals surface area contributed by atoms with Gasteiger partial charge in [-0.3, -0.25) is 0 Å². The highest BCUT2D eigenvalue weighted by Crippen LogP contribution is 2.52. The highest BCUT2D eigenvalue weighted by Gasteiger charge is 2.53. The Morgan fingerprint density at radius 3 is 2.30 bits per heavy atom. The average Bonchev–Trinajstić information content (AvgIpc) is 2.57. The second-order valence-corrected chi connectivity index (χ2v) is 4.11. The lowest BCUT2D eigenvalue weighted by Crippen LogP contribution is -1.99. The van der Waals surface area contributed by atoms with E-state index in [-0.39, 0.29) is 0 Å². The molecule has 10 heavy (non-hydrogen) atoms. The lowest BCUT2D eigenvalue weighted by Gasteiger charge is -1.99. The van der Waals surface area contributed by atoms with Crippen LogP contribution < -0.4 is 0 Å². The highest BCUT2D eigenvalue weighted by atomic mass is 16.6. The molecule has 2 aliphatic rings. The molecule has 1 aliphatic heterocycles. The molecule has 0 N–H and O–H groups in total. The fourth-order valence-electron chi connectivity index (χ4n) is 2.03. The molecule has 4 atom stereocenters. The van der Waals surface area contributed by atoms with Crippen molar-refractivity contribution in [1.82, 2.24) is 0 Å². The number of hydrogen-bond donors (Lipinski definition) is 0. The standard InChI is InChI=1S/C9H16O/c1-5(2)7-4-8(7)9-6(3)10-9/h5-9H,4H2,1-3H3. The van der Waals surface area contributed by atoms with Gasteiger partial charge in [0, 0.05) is 0 Å². The van der Waals surface area contributed by atoms with Gasteiger partial charge in [0.25, 0.3) is 0 Å².